The number of halogens is 3. The van der Waals surface area contributed by atoms with Crippen LogP contribution in [0.25, 0.3) is 0 Å². The second-order valence-electron chi connectivity index (χ2n) is 8.66. The van der Waals surface area contributed by atoms with Crippen LogP contribution in [0.4, 0.5) is 19.1 Å². The van der Waals surface area contributed by atoms with Crippen LogP contribution >= 0.6 is 0 Å². The lowest BCUT2D eigenvalue weighted by Crippen LogP contribution is -2.44. The van der Waals surface area contributed by atoms with Gasteiger partial charge in [0.1, 0.15) is 0 Å². The fraction of sp³-hybridized carbons (Fsp3) is 0.722. The van der Waals surface area contributed by atoms with E-state index in [1.54, 1.807) is 0 Å². The highest BCUT2D eigenvalue weighted by Gasteiger charge is 2.57. The minimum Gasteiger partial charge on any atom is -0.367 e. The summed E-state index contributed by atoms with van der Waals surface area (Å²) in [6, 6.07) is -0.244. The number of fused-ring (bicyclic) bond motifs is 2. The van der Waals surface area contributed by atoms with E-state index in [4.69, 9.17) is 4.74 Å². The van der Waals surface area contributed by atoms with Crippen LogP contribution in [0.3, 0.4) is 0 Å². The second kappa shape index (κ2) is 6.78. The van der Waals surface area contributed by atoms with E-state index in [0.717, 1.165) is 23.9 Å². The monoisotopic (exact) mass is 448 g/mol. The topological polar surface area (TPSA) is 101 Å². The van der Waals surface area contributed by atoms with Gasteiger partial charge in [-0.15, -0.1) is 0 Å². The maximum Gasteiger partial charge on any atom is 0.434 e. The van der Waals surface area contributed by atoms with Crippen molar-refractivity contribution in [2.45, 2.75) is 56.5 Å². The van der Waals surface area contributed by atoms with Crippen molar-refractivity contribution in [3.63, 3.8) is 0 Å². The van der Waals surface area contributed by atoms with Crippen LogP contribution in [-0.2, 0) is 20.8 Å². The molecular weight excluding hydrogens is 425 g/mol. The number of nitrogens with zero attached hydrogens (tertiary/aromatic N) is 3. The van der Waals surface area contributed by atoms with E-state index in [1.165, 1.54) is 0 Å². The molecule has 1 aromatic rings. The van der Waals surface area contributed by atoms with E-state index < -0.39 is 38.8 Å². The highest BCUT2D eigenvalue weighted by atomic mass is 32.2. The molecule has 3 atom stereocenters. The van der Waals surface area contributed by atoms with Crippen molar-refractivity contribution in [1.29, 1.82) is 0 Å². The van der Waals surface area contributed by atoms with Crippen LogP contribution in [0.15, 0.2) is 6.20 Å². The Kier molecular flexibility index (Phi) is 4.81. The number of aromatic nitrogens is 2. The van der Waals surface area contributed by atoms with Crippen LogP contribution in [0.5, 0.6) is 0 Å². The van der Waals surface area contributed by atoms with Crippen molar-refractivity contribution in [2.24, 2.45) is 0 Å². The molecule has 0 aromatic carbocycles. The van der Waals surface area contributed by atoms with Gasteiger partial charge >= 0.3 is 6.18 Å². The van der Waals surface area contributed by atoms with E-state index in [-0.39, 0.29) is 42.2 Å². The average molecular weight is 448 g/mol. The average Bonchev–Trinajstić information content (AvgIpc) is 3.08. The number of carbonyl (C=O) groups excluding carboxylic acids is 1. The largest absolute Gasteiger partial charge is 0.434 e. The molecule has 12 heteroatoms. The minimum absolute atomic E-state index is 0.158. The summed E-state index contributed by atoms with van der Waals surface area (Å²) >= 11 is 0. The number of amides is 1. The van der Waals surface area contributed by atoms with Crippen LogP contribution in [-0.4, -0.2) is 71.0 Å². The first-order chi connectivity index (χ1) is 13.8. The summed E-state index contributed by atoms with van der Waals surface area (Å²) in [4.78, 5) is 21.3. The van der Waals surface area contributed by atoms with E-state index in [0.29, 0.717) is 6.42 Å². The van der Waals surface area contributed by atoms with Gasteiger partial charge in [-0.05, 0) is 33.1 Å². The number of carbonyl (C=O) groups is 1. The first-order valence-corrected chi connectivity index (χ1v) is 11.5. The third kappa shape index (κ3) is 3.86. The number of alkyl halides is 3. The summed E-state index contributed by atoms with van der Waals surface area (Å²) in [5.41, 5.74) is -2.85. The maximum atomic E-state index is 13.7. The Labute approximate surface area is 172 Å². The quantitative estimate of drug-likeness (QED) is 0.753. The minimum atomic E-state index is -4.87. The lowest BCUT2D eigenvalue weighted by atomic mass is 9.80. The molecule has 166 valence electrons. The number of nitrogens with one attached hydrogen (secondary N) is 1. The Hall–Kier alpha value is -1.95. The second-order valence-corrected chi connectivity index (χ2v) is 11.0. The van der Waals surface area contributed by atoms with Gasteiger partial charge in [0.15, 0.2) is 15.5 Å². The third-order valence-corrected chi connectivity index (χ3v) is 7.83. The Bertz CT molecular complexity index is 972. The Morgan fingerprint density at radius 1 is 1.27 bits per heavy atom. The summed E-state index contributed by atoms with van der Waals surface area (Å²) in [6.45, 7) is 3.57. The Morgan fingerprint density at radius 3 is 2.47 bits per heavy atom. The van der Waals surface area contributed by atoms with E-state index in [9.17, 15) is 26.4 Å². The van der Waals surface area contributed by atoms with Crippen LogP contribution in [0, 0.1) is 0 Å². The predicted octanol–water partition coefficient (Wildman–Crippen LogP) is 1.88. The summed E-state index contributed by atoms with van der Waals surface area (Å²) in [6.07, 6.45) is -1.72. The van der Waals surface area contributed by atoms with Crippen LogP contribution in [0.1, 0.15) is 49.2 Å². The van der Waals surface area contributed by atoms with Gasteiger partial charge in [-0.3, -0.25) is 4.79 Å². The molecule has 3 saturated heterocycles. The van der Waals surface area contributed by atoms with Crippen molar-refractivity contribution in [1.82, 2.24) is 14.9 Å². The summed E-state index contributed by atoms with van der Waals surface area (Å²) in [5, 5.41) is 2.96. The van der Waals surface area contributed by atoms with Gasteiger partial charge < -0.3 is 15.0 Å². The van der Waals surface area contributed by atoms with Gasteiger partial charge in [-0.1, -0.05) is 0 Å². The van der Waals surface area contributed by atoms with E-state index in [1.807, 2.05) is 13.8 Å². The Balaban J connectivity index is 1.58. The first-order valence-electron chi connectivity index (χ1n) is 9.71. The van der Waals surface area contributed by atoms with Crippen molar-refractivity contribution in [3.05, 3.63) is 17.5 Å². The lowest BCUT2D eigenvalue weighted by molar-refractivity contribution is -0.141. The van der Waals surface area contributed by atoms with Crippen molar-refractivity contribution in [3.8, 4) is 0 Å². The number of sulfone groups is 1. The van der Waals surface area contributed by atoms with Crippen molar-refractivity contribution >= 4 is 21.7 Å². The van der Waals surface area contributed by atoms with E-state index >= 15 is 0 Å². The SMILES string of the molecule is C[C@]12CC[C@](C)(O1)[C@@H](Nc1ncc(C(=O)N3CCS(=O)(=O)CC3)c(C(F)(F)F)n1)C2. The van der Waals surface area contributed by atoms with Gasteiger partial charge in [0, 0.05) is 19.3 Å². The maximum absolute atomic E-state index is 13.7. The molecule has 8 nitrogen and oxygen atoms in total. The number of rotatable bonds is 3. The fourth-order valence-electron chi connectivity index (χ4n) is 4.48. The molecule has 3 aliphatic heterocycles. The zero-order valence-corrected chi connectivity index (χ0v) is 17.4. The van der Waals surface area contributed by atoms with Crippen molar-refractivity contribution < 1.29 is 31.1 Å². The summed E-state index contributed by atoms with van der Waals surface area (Å²) in [7, 11) is -3.27. The predicted molar refractivity (Wildman–Crippen MR) is 101 cm³/mol. The Morgan fingerprint density at radius 2 is 1.93 bits per heavy atom. The molecule has 3 aliphatic rings. The summed E-state index contributed by atoms with van der Waals surface area (Å²) in [5.74, 6) is -1.70. The highest BCUT2D eigenvalue weighted by Crippen LogP contribution is 2.51. The highest BCUT2D eigenvalue weighted by molar-refractivity contribution is 7.91. The third-order valence-electron chi connectivity index (χ3n) is 6.23. The van der Waals surface area contributed by atoms with Crippen LogP contribution in [0.2, 0.25) is 0 Å². The van der Waals surface area contributed by atoms with Crippen molar-refractivity contribution in [2.75, 3.05) is 29.9 Å². The zero-order valence-electron chi connectivity index (χ0n) is 16.6. The smallest absolute Gasteiger partial charge is 0.367 e. The number of hydrogen-bond donors (Lipinski definition) is 1. The molecule has 3 fully saturated rings. The summed E-state index contributed by atoms with van der Waals surface area (Å²) < 4.78 is 70.1. The van der Waals surface area contributed by atoms with Gasteiger partial charge in [-0.25, -0.2) is 18.4 Å². The fourth-order valence-corrected chi connectivity index (χ4v) is 5.68. The molecule has 1 N–H and O–H groups in total. The molecule has 4 heterocycles. The standard InChI is InChI=1S/C18H23F3N4O4S/c1-16-3-4-17(2,29-16)12(9-16)23-15-22-10-11(13(24-15)18(19,20)21)14(26)25-5-7-30(27,28)8-6-25/h10,12H,3-9H2,1-2H3,(H,22,23,24)/t12-,16+,17-/m0/s1. The van der Waals surface area contributed by atoms with E-state index in [2.05, 4.69) is 15.3 Å². The molecule has 0 aliphatic carbocycles. The molecule has 0 unspecified atom stereocenters. The molecule has 1 amide bonds. The number of ether oxygens (including phenoxy) is 1. The van der Waals surface area contributed by atoms with Crippen LogP contribution < -0.4 is 5.32 Å². The number of anilines is 1. The number of hydrogen-bond acceptors (Lipinski definition) is 7. The van der Waals surface area contributed by atoms with Gasteiger partial charge in [0.2, 0.25) is 5.95 Å². The molecule has 0 spiro atoms. The first kappa shape index (κ1) is 21.3. The molecule has 0 radical (unpaired) electrons. The molecule has 1 aromatic heterocycles. The lowest BCUT2D eigenvalue weighted by Gasteiger charge is -2.30. The molecule has 4 rings (SSSR count). The molecular formula is C18H23F3N4O4S. The molecule has 2 bridgehead atoms. The van der Waals surface area contributed by atoms with Gasteiger partial charge in [-0.2, -0.15) is 13.2 Å². The zero-order chi connectivity index (χ0) is 21.9. The molecule has 0 saturated carbocycles. The van der Waals surface area contributed by atoms with Gasteiger partial charge in [0.05, 0.1) is 34.3 Å². The molecule has 30 heavy (non-hydrogen) atoms. The normalized spacial score (nSPS) is 33.0. The van der Waals surface area contributed by atoms with Gasteiger partial charge in [0.25, 0.3) is 5.91 Å².